The van der Waals surface area contributed by atoms with Crippen molar-refractivity contribution in [2.45, 2.75) is 12.8 Å². The number of hydrogen-bond acceptors (Lipinski definition) is 1. The van der Waals surface area contributed by atoms with Gasteiger partial charge in [-0.1, -0.05) is 72.8 Å². The Balaban J connectivity index is 2.08. The standard InChI is InChI=1S/C20H23N/c1-2-3-16-21-17-10-15-20(18-11-6-4-7-12-18)19-13-8-5-9-14-19/h2,4-9,11-15,21H,1,3,10,16-17H2. The molecule has 0 saturated heterocycles. The summed E-state index contributed by atoms with van der Waals surface area (Å²) in [6.45, 7) is 5.73. The second-order valence-electron chi connectivity index (χ2n) is 4.97. The minimum atomic E-state index is 0.997. The zero-order valence-electron chi connectivity index (χ0n) is 12.5. The van der Waals surface area contributed by atoms with Gasteiger partial charge in [-0.15, -0.1) is 6.58 Å². The first-order valence-electron chi connectivity index (χ1n) is 7.54. The monoisotopic (exact) mass is 277 g/mol. The molecule has 2 rings (SSSR count). The highest BCUT2D eigenvalue weighted by Crippen LogP contribution is 2.23. The molecule has 1 heteroatoms. The first-order chi connectivity index (χ1) is 10.4. The Morgan fingerprint density at radius 2 is 1.33 bits per heavy atom. The highest BCUT2D eigenvalue weighted by atomic mass is 14.8. The van der Waals surface area contributed by atoms with Crippen molar-refractivity contribution in [2.24, 2.45) is 0 Å². The summed E-state index contributed by atoms with van der Waals surface area (Å²) in [5.41, 5.74) is 3.85. The van der Waals surface area contributed by atoms with Crippen molar-refractivity contribution in [3.05, 3.63) is 90.5 Å². The van der Waals surface area contributed by atoms with Gasteiger partial charge >= 0.3 is 0 Å². The van der Waals surface area contributed by atoms with Gasteiger partial charge in [-0.25, -0.2) is 0 Å². The smallest absolute Gasteiger partial charge is 0.00138 e. The second kappa shape index (κ2) is 8.93. The number of hydrogen-bond donors (Lipinski definition) is 1. The second-order valence-corrected chi connectivity index (χ2v) is 4.97. The van der Waals surface area contributed by atoms with Gasteiger partial charge in [0, 0.05) is 0 Å². The third-order valence-electron chi connectivity index (χ3n) is 3.36. The SMILES string of the molecule is C=CCCNCCC=C(c1ccccc1)c1ccccc1. The topological polar surface area (TPSA) is 12.0 Å². The van der Waals surface area contributed by atoms with Crippen molar-refractivity contribution >= 4 is 5.57 Å². The van der Waals surface area contributed by atoms with Crippen LogP contribution in [0.25, 0.3) is 5.57 Å². The van der Waals surface area contributed by atoms with E-state index in [4.69, 9.17) is 0 Å². The van der Waals surface area contributed by atoms with Crippen LogP contribution in [0.15, 0.2) is 79.4 Å². The Labute approximate surface area is 128 Å². The molecule has 0 aliphatic carbocycles. The van der Waals surface area contributed by atoms with E-state index in [1.807, 2.05) is 6.08 Å². The molecule has 0 saturated carbocycles. The van der Waals surface area contributed by atoms with Crippen LogP contribution in [0.2, 0.25) is 0 Å². The minimum Gasteiger partial charge on any atom is -0.316 e. The predicted molar refractivity (Wildman–Crippen MR) is 92.3 cm³/mol. The van der Waals surface area contributed by atoms with Gasteiger partial charge in [-0.2, -0.15) is 0 Å². The third-order valence-corrected chi connectivity index (χ3v) is 3.36. The summed E-state index contributed by atoms with van der Waals surface area (Å²) in [6.07, 6.45) is 6.32. The lowest BCUT2D eigenvalue weighted by molar-refractivity contribution is 0.698. The molecule has 0 aliphatic rings. The maximum Gasteiger partial charge on any atom is -0.00138 e. The Kier molecular flexibility index (Phi) is 6.50. The number of nitrogens with one attached hydrogen (secondary N) is 1. The van der Waals surface area contributed by atoms with Gasteiger partial charge in [0.05, 0.1) is 0 Å². The van der Waals surface area contributed by atoms with Crippen LogP contribution < -0.4 is 5.32 Å². The molecule has 0 unspecified atom stereocenters. The highest BCUT2D eigenvalue weighted by Gasteiger charge is 2.03. The lowest BCUT2D eigenvalue weighted by atomic mass is 9.97. The molecular formula is C20H23N. The zero-order valence-corrected chi connectivity index (χ0v) is 12.5. The molecule has 0 bridgehead atoms. The summed E-state index contributed by atoms with van der Waals surface area (Å²) in [5, 5.41) is 3.43. The van der Waals surface area contributed by atoms with Crippen molar-refractivity contribution in [3.63, 3.8) is 0 Å². The molecule has 0 radical (unpaired) electrons. The number of benzene rings is 2. The van der Waals surface area contributed by atoms with Crippen LogP contribution in [-0.2, 0) is 0 Å². The van der Waals surface area contributed by atoms with Crippen molar-refractivity contribution in [1.29, 1.82) is 0 Å². The van der Waals surface area contributed by atoms with Crippen LogP contribution in [-0.4, -0.2) is 13.1 Å². The lowest BCUT2D eigenvalue weighted by Gasteiger charge is -2.09. The molecule has 108 valence electrons. The quantitative estimate of drug-likeness (QED) is 0.546. The molecule has 0 atom stereocenters. The van der Waals surface area contributed by atoms with Crippen LogP contribution in [0.4, 0.5) is 0 Å². The number of rotatable bonds is 8. The molecule has 0 spiro atoms. The molecule has 2 aromatic rings. The van der Waals surface area contributed by atoms with E-state index in [0.29, 0.717) is 0 Å². The summed E-state index contributed by atoms with van der Waals surface area (Å²) in [7, 11) is 0. The summed E-state index contributed by atoms with van der Waals surface area (Å²) < 4.78 is 0. The van der Waals surface area contributed by atoms with Crippen LogP contribution in [0.5, 0.6) is 0 Å². The normalized spacial score (nSPS) is 10.1. The zero-order chi connectivity index (χ0) is 14.8. The van der Waals surface area contributed by atoms with E-state index in [2.05, 4.69) is 78.6 Å². The predicted octanol–water partition coefficient (Wildman–Crippen LogP) is 4.67. The van der Waals surface area contributed by atoms with Crippen LogP contribution in [0, 0.1) is 0 Å². The maximum atomic E-state index is 3.73. The fraction of sp³-hybridized carbons (Fsp3) is 0.200. The van der Waals surface area contributed by atoms with E-state index in [0.717, 1.165) is 25.9 Å². The Morgan fingerprint density at radius 3 is 1.86 bits per heavy atom. The maximum absolute atomic E-state index is 3.73. The van der Waals surface area contributed by atoms with Crippen molar-refractivity contribution in [2.75, 3.05) is 13.1 Å². The van der Waals surface area contributed by atoms with Gasteiger partial charge in [0.25, 0.3) is 0 Å². The van der Waals surface area contributed by atoms with Crippen LogP contribution in [0.3, 0.4) is 0 Å². The van der Waals surface area contributed by atoms with E-state index in [9.17, 15) is 0 Å². The molecule has 21 heavy (non-hydrogen) atoms. The van der Waals surface area contributed by atoms with E-state index in [-0.39, 0.29) is 0 Å². The summed E-state index contributed by atoms with van der Waals surface area (Å²) in [5.74, 6) is 0. The van der Waals surface area contributed by atoms with Gasteiger partial charge < -0.3 is 5.32 Å². The van der Waals surface area contributed by atoms with Gasteiger partial charge in [-0.3, -0.25) is 0 Å². The molecule has 0 amide bonds. The summed E-state index contributed by atoms with van der Waals surface area (Å²) in [6, 6.07) is 21.2. The fourth-order valence-electron chi connectivity index (χ4n) is 2.29. The molecule has 0 aromatic heterocycles. The Morgan fingerprint density at radius 1 is 0.810 bits per heavy atom. The van der Waals surface area contributed by atoms with Gasteiger partial charge in [-0.05, 0) is 42.6 Å². The van der Waals surface area contributed by atoms with Gasteiger partial charge in [0.15, 0.2) is 0 Å². The summed E-state index contributed by atoms with van der Waals surface area (Å²) in [4.78, 5) is 0. The van der Waals surface area contributed by atoms with E-state index in [1.165, 1.54) is 16.7 Å². The molecule has 0 heterocycles. The van der Waals surface area contributed by atoms with E-state index < -0.39 is 0 Å². The molecule has 1 nitrogen and oxygen atoms in total. The van der Waals surface area contributed by atoms with Crippen molar-refractivity contribution < 1.29 is 0 Å². The molecular weight excluding hydrogens is 254 g/mol. The van der Waals surface area contributed by atoms with Crippen molar-refractivity contribution in [1.82, 2.24) is 5.32 Å². The first kappa shape index (κ1) is 15.3. The molecule has 1 N–H and O–H groups in total. The largest absolute Gasteiger partial charge is 0.316 e. The van der Waals surface area contributed by atoms with Gasteiger partial charge in [0.2, 0.25) is 0 Å². The average molecular weight is 277 g/mol. The molecule has 0 aliphatic heterocycles. The van der Waals surface area contributed by atoms with Crippen LogP contribution >= 0.6 is 0 Å². The van der Waals surface area contributed by atoms with E-state index in [1.54, 1.807) is 0 Å². The minimum absolute atomic E-state index is 0.997. The molecule has 2 aromatic carbocycles. The Hall–Kier alpha value is -2.12. The summed E-state index contributed by atoms with van der Waals surface area (Å²) >= 11 is 0. The molecule has 0 fully saturated rings. The lowest BCUT2D eigenvalue weighted by Crippen LogP contribution is -2.15. The van der Waals surface area contributed by atoms with Gasteiger partial charge in [0.1, 0.15) is 0 Å². The Bertz CT molecular complexity index is 513. The van der Waals surface area contributed by atoms with Crippen LogP contribution in [0.1, 0.15) is 24.0 Å². The first-order valence-corrected chi connectivity index (χ1v) is 7.54. The highest BCUT2D eigenvalue weighted by molar-refractivity contribution is 5.79. The third kappa shape index (κ3) is 5.05. The van der Waals surface area contributed by atoms with Crippen molar-refractivity contribution in [3.8, 4) is 0 Å². The van der Waals surface area contributed by atoms with E-state index >= 15 is 0 Å². The average Bonchev–Trinajstić information content (AvgIpc) is 2.56. The fourth-order valence-corrected chi connectivity index (χ4v) is 2.29.